The molecule has 8 nitrogen and oxygen atoms in total. The highest BCUT2D eigenvalue weighted by molar-refractivity contribution is 5.97. The van der Waals surface area contributed by atoms with Crippen LogP contribution in [0.25, 0.3) is 0 Å². The van der Waals surface area contributed by atoms with Crippen molar-refractivity contribution in [3.8, 4) is 0 Å². The van der Waals surface area contributed by atoms with Gasteiger partial charge in [-0.3, -0.25) is 19.7 Å². The third-order valence-electron chi connectivity index (χ3n) is 4.00. The number of urea groups is 1. The maximum absolute atomic E-state index is 12.6. The quantitative estimate of drug-likeness (QED) is 0.619. The Morgan fingerprint density at radius 1 is 0.897 bits per heavy atom. The van der Waals surface area contributed by atoms with Gasteiger partial charge in [-0.25, -0.2) is 4.79 Å². The molecule has 2 aromatic carbocycles. The van der Waals surface area contributed by atoms with E-state index in [1.165, 1.54) is 14.0 Å². The van der Waals surface area contributed by atoms with E-state index >= 15 is 0 Å². The molecule has 2 atom stereocenters. The Morgan fingerprint density at radius 2 is 1.45 bits per heavy atom. The van der Waals surface area contributed by atoms with Crippen LogP contribution in [0.1, 0.15) is 36.6 Å². The lowest BCUT2D eigenvalue weighted by Crippen LogP contribution is -2.41. The van der Waals surface area contributed by atoms with Crippen molar-refractivity contribution in [2.75, 3.05) is 7.05 Å². The van der Waals surface area contributed by atoms with E-state index in [-0.39, 0.29) is 12.3 Å². The number of carbonyl (C=O) groups is 4. The third kappa shape index (κ3) is 6.76. The van der Waals surface area contributed by atoms with Crippen LogP contribution in [0.4, 0.5) is 4.79 Å². The lowest BCUT2D eigenvalue weighted by atomic mass is 10.0. The van der Waals surface area contributed by atoms with E-state index in [0.29, 0.717) is 5.56 Å². The molecule has 2 rings (SSSR count). The summed E-state index contributed by atoms with van der Waals surface area (Å²) in [4.78, 5) is 48.1. The van der Waals surface area contributed by atoms with E-state index in [2.05, 4.69) is 16.0 Å². The first-order valence-corrected chi connectivity index (χ1v) is 8.99. The number of amides is 4. The van der Waals surface area contributed by atoms with Gasteiger partial charge in [-0.1, -0.05) is 60.7 Å². The molecular formula is C21H23N3O5. The van der Waals surface area contributed by atoms with Gasteiger partial charge in [-0.15, -0.1) is 0 Å². The van der Waals surface area contributed by atoms with Crippen LogP contribution in [-0.4, -0.2) is 30.9 Å². The number of esters is 1. The SMILES string of the molecule is CNC(=O)NC(=O)[C@@H](OC(=O)C[C@H](NC(C)=O)c1ccccc1)c1ccccc1. The monoisotopic (exact) mass is 397 g/mol. The van der Waals surface area contributed by atoms with Crippen molar-refractivity contribution in [2.45, 2.75) is 25.5 Å². The Hall–Kier alpha value is -3.68. The van der Waals surface area contributed by atoms with E-state index in [4.69, 9.17) is 4.74 Å². The Labute approximate surface area is 168 Å². The third-order valence-corrected chi connectivity index (χ3v) is 4.00. The Balaban J connectivity index is 2.18. The van der Waals surface area contributed by atoms with Gasteiger partial charge in [0.25, 0.3) is 5.91 Å². The Morgan fingerprint density at radius 3 is 1.97 bits per heavy atom. The molecule has 0 heterocycles. The van der Waals surface area contributed by atoms with Crippen LogP contribution in [0.15, 0.2) is 60.7 Å². The maximum Gasteiger partial charge on any atom is 0.321 e. The maximum atomic E-state index is 12.6. The first-order chi connectivity index (χ1) is 13.9. The lowest BCUT2D eigenvalue weighted by molar-refractivity contribution is -0.156. The molecule has 0 bridgehead atoms. The highest BCUT2D eigenvalue weighted by Crippen LogP contribution is 2.22. The van der Waals surface area contributed by atoms with Crippen LogP contribution in [-0.2, 0) is 19.1 Å². The highest BCUT2D eigenvalue weighted by Gasteiger charge is 2.28. The fourth-order valence-corrected chi connectivity index (χ4v) is 2.67. The molecule has 152 valence electrons. The molecule has 2 aromatic rings. The minimum Gasteiger partial charge on any atom is -0.447 e. The predicted molar refractivity (Wildman–Crippen MR) is 105 cm³/mol. The summed E-state index contributed by atoms with van der Waals surface area (Å²) in [6.07, 6.45) is -1.49. The molecule has 0 unspecified atom stereocenters. The number of carbonyl (C=O) groups excluding carboxylic acids is 4. The molecule has 4 amide bonds. The van der Waals surface area contributed by atoms with Gasteiger partial charge in [0, 0.05) is 19.5 Å². The zero-order chi connectivity index (χ0) is 21.2. The van der Waals surface area contributed by atoms with E-state index in [0.717, 1.165) is 5.56 Å². The topological polar surface area (TPSA) is 114 Å². The minimum atomic E-state index is -1.31. The van der Waals surface area contributed by atoms with Crippen molar-refractivity contribution >= 4 is 23.8 Å². The van der Waals surface area contributed by atoms with Gasteiger partial charge in [0.2, 0.25) is 12.0 Å². The molecule has 8 heteroatoms. The van der Waals surface area contributed by atoms with Crippen LogP contribution in [0.3, 0.4) is 0 Å². The lowest BCUT2D eigenvalue weighted by Gasteiger charge is -2.21. The Bertz CT molecular complexity index is 855. The number of hydrogen-bond donors (Lipinski definition) is 3. The molecule has 0 saturated heterocycles. The fourth-order valence-electron chi connectivity index (χ4n) is 2.67. The van der Waals surface area contributed by atoms with Crippen molar-refractivity contribution in [3.63, 3.8) is 0 Å². The summed E-state index contributed by atoms with van der Waals surface area (Å²) in [5.41, 5.74) is 1.14. The normalized spacial score (nSPS) is 12.2. The van der Waals surface area contributed by atoms with Crippen molar-refractivity contribution in [3.05, 3.63) is 71.8 Å². The van der Waals surface area contributed by atoms with E-state index < -0.39 is 30.1 Å². The first-order valence-electron chi connectivity index (χ1n) is 8.99. The van der Waals surface area contributed by atoms with Gasteiger partial charge in [0.1, 0.15) is 0 Å². The highest BCUT2D eigenvalue weighted by atomic mass is 16.5. The van der Waals surface area contributed by atoms with Crippen LogP contribution >= 0.6 is 0 Å². The van der Waals surface area contributed by atoms with Gasteiger partial charge in [0.05, 0.1) is 12.5 Å². The van der Waals surface area contributed by atoms with E-state index in [1.54, 1.807) is 54.6 Å². The van der Waals surface area contributed by atoms with Crippen molar-refractivity contribution < 1.29 is 23.9 Å². The van der Waals surface area contributed by atoms with Crippen LogP contribution in [0, 0.1) is 0 Å². The average molecular weight is 397 g/mol. The largest absolute Gasteiger partial charge is 0.447 e. The molecule has 0 aliphatic heterocycles. The summed E-state index contributed by atoms with van der Waals surface area (Å²) < 4.78 is 5.40. The van der Waals surface area contributed by atoms with Gasteiger partial charge >= 0.3 is 12.0 Å². The van der Waals surface area contributed by atoms with Crippen LogP contribution < -0.4 is 16.0 Å². The second-order valence-corrected chi connectivity index (χ2v) is 6.22. The first kappa shape index (κ1) is 21.6. The zero-order valence-electron chi connectivity index (χ0n) is 16.2. The van der Waals surface area contributed by atoms with Crippen LogP contribution in [0.2, 0.25) is 0 Å². The number of imide groups is 1. The second kappa shape index (κ2) is 10.6. The van der Waals surface area contributed by atoms with Gasteiger partial charge < -0.3 is 15.4 Å². The summed E-state index contributed by atoms with van der Waals surface area (Å²) in [6.45, 7) is 1.35. The Kier molecular flexibility index (Phi) is 7.90. The fraction of sp³-hybridized carbons (Fsp3) is 0.238. The standard InChI is InChI=1S/C21H23N3O5/c1-14(25)23-17(15-9-5-3-6-10-15)13-18(26)29-19(16-11-7-4-8-12-16)20(27)24-21(28)22-2/h3-12,17,19H,13H2,1-2H3,(H,23,25)(H2,22,24,27,28)/t17-,19-/m0/s1. The summed E-state index contributed by atoms with van der Waals surface area (Å²) in [7, 11) is 1.37. The second-order valence-electron chi connectivity index (χ2n) is 6.22. The van der Waals surface area contributed by atoms with Crippen molar-refractivity contribution in [1.82, 2.24) is 16.0 Å². The smallest absolute Gasteiger partial charge is 0.321 e. The number of ether oxygens (including phenoxy) is 1. The predicted octanol–water partition coefficient (Wildman–Crippen LogP) is 1.99. The van der Waals surface area contributed by atoms with Gasteiger partial charge in [-0.2, -0.15) is 0 Å². The summed E-state index contributed by atoms with van der Waals surface area (Å²) >= 11 is 0. The molecule has 3 N–H and O–H groups in total. The van der Waals surface area contributed by atoms with Gasteiger partial charge in [0.15, 0.2) is 0 Å². The molecule has 0 fully saturated rings. The molecule has 0 spiro atoms. The molecule has 0 aliphatic carbocycles. The van der Waals surface area contributed by atoms with Gasteiger partial charge in [-0.05, 0) is 5.56 Å². The molecule has 29 heavy (non-hydrogen) atoms. The molecular weight excluding hydrogens is 374 g/mol. The van der Waals surface area contributed by atoms with Crippen molar-refractivity contribution in [1.29, 1.82) is 0 Å². The molecule has 0 aliphatic rings. The number of nitrogens with one attached hydrogen (secondary N) is 3. The number of hydrogen-bond acceptors (Lipinski definition) is 5. The summed E-state index contributed by atoms with van der Waals surface area (Å²) in [5, 5.41) is 7.09. The average Bonchev–Trinajstić information content (AvgIpc) is 2.72. The van der Waals surface area contributed by atoms with Crippen molar-refractivity contribution in [2.24, 2.45) is 0 Å². The minimum absolute atomic E-state index is 0.180. The zero-order valence-corrected chi connectivity index (χ0v) is 16.2. The molecule has 0 saturated carbocycles. The summed E-state index contributed by atoms with van der Waals surface area (Å²) in [6, 6.07) is 16.0. The molecule has 0 radical (unpaired) electrons. The number of benzene rings is 2. The summed E-state index contributed by atoms with van der Waals surface area (Å²) in [5.74, 6) is -1.78. The van der Waals surface area contributed by atoms with Crippen LogP contribution in [0.5, 0.6) is 0 Å². The van der Waals surface area contributed by atoms with E-state index in [9.17, 15) is 19.2 Å². The molecule has 0 aromatic heterocycles. The number of rotatable bonds is 7. The van der Waals surface area contributed by atoms with E-state index in [1.807, 2.05) is 6.07 Å².